The second kappa shape index (κ2) is 16.3. The first-order chi connectivity index (χ1) is 24.3. The smallest absolute Gasteiger partial charge is 0.272 e. The van der Waals surface area contributed by atoms with E-state index in [0.29, 0.717) is 27.0 Å². The molecule has 0 saturated heterocycles. The molecule has 10 heteroatoms. The summed E-state index contributed by atoms with van der Waals surface area (Å²) in [7, 11) is 0. The number of thiazole rings is 1. The molecule has 3 amide bonds. The van der Waals surface area contributed by atoms with Gasteiger partial charge in [-0.05, 0) is 60.5 Å². The highest BCUT2D eigenvalue weighted by Crippen LogP contribution is 2.38. The van der Waals surface area contributed by atoms with Gasteiger partial charge >= 0.3 is 0 Å². The van der Waals surface area contributed by atoms with Crippen LogP contribution >= 0.6 is 34.7 Å². The van der Waals surface area contributed by atoms with E-state index in [1.807, 2.05) is 79.0 Å². The second-order valence-electron chi connectivity index (χ2n) is 11.2. The zero-order valence-electron chi connectivity index (χ0n) is 26.8. The molecule has 0 fully saturated rings. The Labute approximate surface area is 303 Å². The van der Waals surface area contributed by atoms with Gasteiger partial charge < -0.3 is 16.0 Å². The summed E-state index contributed by atoms with van der Waals surface area (Å²) in [5, 5.41) is 10.9. The molecule has 0 saturated carbocycles. The van der Waals surface area contributed by atoms with E-state index in [1.54, 1.807) is 66.7 Å². The summed E-state index contributed by atoms with van der Waals surface area (Å²) >= 11 is 9.11. The van der Waals surface area contributed by atoms with Crippen molar-refractivity contribution in [3.05, 3.63) is 172 Å². The van der Waals surface area contributed by atoms with Gasteiger partial charge in [0.25, 0.3) is 11.8 Å². The van der Waals surface area contributed by atoms with Gasteiger partial charge in [-0.3, -0.25) is 14.4 Å². The lowest BCUT2D eigenvalue weighted by molar-refractivity contribution is -0.116. The molecule has 3 N–H and O–H groups in total. The predicted octanol–water partition coefficient (Wildman–Crippen LogP) is 9.65. The first-order valence-electron chi connectivity index (χ1n) is 15.6. The third-order valence-corrected chi connectivity index (χ3v) is 9.85. The minimum absolute atomic E-state index is 0.0139. The molecular weight excluding hydrogens is 684 g/mol. The van der Waals surface area contributed by atoms with E-state index < -0.39 is 17.1 Å². The van der Waals surface area contributed by atoms with Gasteiger partial charge in [-0.1, -0.05) is 114 Å². The van der Waals surface area contributed by atoms with Crippen molar-refractivity contribution in [2.75, 3.05) is 10.6 Å². The van der Waals surface area contributed by atoms with Gasteiger partial charge in [0, 0.05) is 32.1 Å². The summed E-state index contributed by atoms with van der Waals surface area (Å²) < 4.78 is 0. The number of amides is 3. The molecule has 1 aromatic heterocycles. The number of aromatic nitrogens is 1. The Morgan fingerprint density at radius 2 is 1.50 bits per heavy atom. The average Bonchev–Trinajstić information content (AvgIpc) is 3.60. The van der Waals surface area contributed by atoms with Gasteiger partial charge in [0.15, 0.2) is 5.13 Å². The molecule has 1 heterocycles. The monoisotopic (exact) mass is 714 g/mol. The lowest BCUT2D eigenvalue weighted by Gasteiger charge is -2.17. The van der Waals surface area contributed by atoms with Crippen LogP contribution in [0, 0.1) is 6.92 Å². The van der Waals surface area contributed by atoms with Crippen LogP contribution in [0.4, 0.5) is 10.8 Å². The van der Waals surface area contributed by atoms with Crippen molar-refractivity contribution < 1.29 is 14.4 Å². The molecule has 0 radical (unpaired) electrons. The fourth-order valence-corrected chi connectivity index (χ4v) is 6.93. The molecule has 1 unspecified atom stereocenters. The quantitative estimate of drug-likeness (QED) is 0.0917. The summed E-state index contributed by atoms with van der Waals surface area (Å²) in [6, 6.07) is 40.5. The molecule has 0 aliphatic heterocycles. The van der Waals surface area contributed by atoms with Crippen LogP contribution in [0.15, 0.2) is 149 Å². The Morgan fingerprint density at radius 3 is 2.24 bits per heavy atom. The Hall–Kier alpha value is -5.48. The Kier molecular flexibility index (Phi) is 11.2. The summed E-state index contributed by atoms with van der Waals surface area (Å²) in [5.74, 6) is -1.21. The summed E-state index contributed by atoms with van der Waals surface area (Å²) in [5.41, 5.74) is 5.21. The van der Waals surface area contributed by atoms with Crippen LogP contribution in [-0.4, -0.2) is 22.7 Å². The molecule has 50 heavy (non-hydrogen) atoms. The minimum atomic E-state index is -0.616. The first-order valence-corrected chi connectivity index (χ1v) is 17.8. The van der Waals surface area contributed by atoms with Crippen LogP contribution in [0.2, 0.25) is 5.02 Å². The van der Waals surface area contributed by atoms with E-state index in [1.165, 1.54) is 29.2 Å². The topological polar surface area (TPSA) is 100 Å². The zero-order chi connectivity index (χ0) is 34.9. The number of hydrogen-bond donors (Lipinski definition) is 3. The molecule has 7 nitrogen and oxygen atoms in total. The maximum Gasteiger partial charge on any atom is 0.272 e. The highest BCUT2D eigenvalue weighted by atomic mass is 35.5. The number of rotatable bonds is 11. The molecule has 6 aromatic rings. The van der Waals surface area contributed by atoms with Crippen LogP contribution in [0.5, 0.6) is 0 Å². The van der Waals surface area contributed by atoms with Gasteiger partial charge in [-0.25, -0.2) is 4.98 Å². The summed E-state index contributed by atoms with van der Waals surface area (Å²) in [4.78, 5) is 45.9. The van der Waals surface area contributed by atoms with Crippen molar-refractivity contribution in [1.82, 2.24) is 10.3 Å². The van der Waals surface area contributed by atoms with Crippen molar-refractivity contribution in [2.24, 2.45) is 0 Å². The number of nitrogens with zero attached hydrogens (tertiary/aromatic N) is 1. The van der Waals surface area contributed by atoms with Crippen LogP contribution < -0.4 is 16.0 Å². The number of carbonyl (C=O) groups excluding carboxylic acids is 3. The van der Waals surface area contributed by atoms with E-state index >= 15 is 0 Å². The molecule has 0 aliphatic rings. The van der Waals surface area contributed by atoms with Crippen molar-refractivity contribution in [2.45, 2.75) is 17.1 Å². The Balaban J connectivity index is 1.21. The van der Waals surface area contributed by atoms with E-state index in [9.17, 15) is 14.4 Å². The van der Waals surface area contributed by atoms with E-state index in [-0.39, 0.29) is 11.6 Å². The molecule has 0 spiro atoms. The molecule has 248 valence electrons. The van der Waals surface area contributed by atoms with E-state index in [0.717, 1.165) is 27.3 Å². The molecule has 1 atom stereocenters. The largest absolute Gasteiger partial charge is 0.321 e. The molecule has 5 aromatic carbocycles. The molecule has 6 rings (SSSR count). The first kappa shape index (κ1) is 34.4. The number of anilines is 2. The van der Waals surface area contributed by atoms with Crippen LogP contribution in [0.1, 0.15) is 32.3 Å². The fraction of sp³-hybridized carbons (Fsp3) is 0.0500. The number of aryl methyl sites for hydroxylation is 1. The standard InChI is InChI=1S/C40H31ClN4O3S2/c1-26-19-21-27(22-20-26)35-25-49-40(44-35)45-39(48)36(28-11-4-2-5-12-28)50-32-17-10-16-31(24-32)42-38(47)34(23-30-15-8-9-18-33(30)41)43-37(46)29-13-6-3-7-14-29/h2-25,36H,1H3,(H,42,47)(H,43,46)(H,44,45,48)/b34-23+. The Morgan fingerprint density at radius 1 is 0.800 bits per heavy atom. The Bertz CT molecular complexity index is 2150. The molecule has 0 aliphatic carbocycles. The van der Waals surface area contributed by atoms with Crippen LogP contribution in [0.3, 0.4) is 0 Å². The van der Waals surface area contributed by atoms with Crippen molar-refractivity contribution in [1.29, 1.82) is 0 Å². The number of hydrogen-bond acceptors (Lipinski definition) is 6. The van der Waals surface area contributed by atoms with Crippen LogP contribution in [-0.2, 0) is 9.59 Å². The predicted molar refractivity (Wildman–Crippen MR) is 204 cm³/mol. The third kappa shape index (κ3) is 8.95. The highest BCUT2D eigenvalue weighted by Gasteiger charge is 2.24. The van der Waals surface area contributed by atoms with Crippen molar-refractivity contribution >= 4 is 69.3 Å². The lowest BCUT2D eigenvalue weighted by Crippen LogP contribution is -2.30. The maximum atomic E-state index is 13.8. The molecular formula is C40H31ClN4O3S2. The van der Waals surface area contributed by atoms with Gasteiger partial charge in [0.1, 0.15) is 10.9 Å². The average molecular weight is 715 g/mol. The number of halogens is 1. The lowest BCUT2D eigenvalue weighted by atomic mass is 10.1. The highest BCUT2D eigenvalue weighted by molar-refractivity contribution is 8.00. The van der Waals surface area contributed by atoms with Gasteiger partial charge in [0.05, 0.1) is 5.69 Å². The summed E-state index contributed by atoms with van der Waals surface area (Å²) in [6.07, 6.45) is 1.54. The van der Waals surface area contributed by atoms with Gasteiger partial charge in [0.2, 0.25) is 5.91 Å². The third-order valence-electron chi connectivity index (χ3n) is 7.50. The number of nitrogens with one attached hydrogen (secondary N) is 3. The summed E-state index contributed by atoms with van der Waals surface area (Å²) in [6.45, 7) is 2.03. The zero-order valence-corrected chi connectivity index (χ0v) is 29.2. The maximum absolute atomic E-state index is 13.8. The van der Waals surface area contributed by atoms with Crippen LogP contribution in [0.25, 0.3) is 17.3 Å². The van der Waals surface area contributed by atoms with Crippen molar-refractivity contribution in [3.63, 3.8) is 0 Å². The van der Waals surface area contributed by atoms with E-state index in [4.69, 9.17) is 11.6 Å². The SMILES string of the molecule is Cc1ccc(-c2csc(NC(=O)C(Sc3cccc(NC(=O)/C(=C\c4ccccc4Cl)NC(=O)c4ccccc4)c3)c3ccccc3)n2)cc1. The molecule has 0 bridgehead atoms. The number of benzene rings is 5. The number of carbonyl (C=O) groups is 3. The van der Waals surface area contributed by atoms with E-state index in [2.05, 4.69) is 20.9 Å². The second-order valence-corrected chi connectivity index (χ2v) is 13.6. The minimum Gasteiger partial charge on any atom is -0.321 e. The fourth-order valence-electron chi connectivity index (χ4n) is 4.93. The normalized spacial score (nSPS) is 11.8. The van der Waals surface area contributed by atoms with Gasteiger partial charge in [-0.2, -0.15) is 0 Å². The van der Waals surface area contributed by atoms with Gasteiger partial charge in [-0.15, -0.1) is 23.1 Å². The number of thioether (sulfide) groups is 1. The van der Waals surface area contributed by atoms with Crippen molar-refractivity contribution in [3.8, 4) is 11.3 Å².